The van der Waals surface area contributed by atoms with Crippen molar-refractivity contribution in [2.24, 2.45) is 4.99 Å². The molecular formula is C21H31N5O2. The zero-order valence-corrected chi connectivity index (χ0v) is 17.4. The average Bonchev–Trinajstić information content (AvgIpc) is 2.72. The summed E-state index contributed by atoms with van der Waals surface area (Å²) < 4.78 is 10.8. The molecule has 0 fully saturated rings. The van der Waals surface area contributed by atoms with Gasteiger partial charge in [0.25, 0.3) is 0 Å². The van der Waals surface area contributed by atoms with Gasteiger partial charge in [0.15, 0.2) is 17.5 Å². The third-order valence-corrected chi connectivity index (χ3v) is 4.50. The smallest absolute Gasteiger partial charge is 0.191 e. The molecule has 1 aromatic heterocycles. The van der Waals surface area contributed by atoms with Crippen LogP contribution in [-0.2, 0) is 6.42 Å². The van der Waals surface area contributed by atoms with Gasteiger partial charge in [-0.25, -0.2) is 0 Å². The van der Waals surface area contributed by atoms with Crippen LogP contribution in [0, 0.1) is 0 Å². The fraction of sp³-hybridized carbons (Fsp3) is 0.429. The van der Waals surface area contributed by atoms with Gasteiger partial charge >= 0.3 is 0 Å². The van der Waals surface area contributed by atoms with Crippen LogP contribution in [0.1, 0.15) is 17.3 Å². The summed E-state index contributed by atoms with van der Waals surface area (Å²) in [6.45, 7) is 1.46. The summed E-state index contributed by atoms with van der Waals surface area (Å²) in [5.41, 5.74) is 2.20. The van der Waals surface area contributed by atoms with Crippen LogP contribution in [-0.4, -0.2) is 64.3 Å². The van der Waals surface area contributed by atoms with E-state index in [0.717, 1.165) is 41.7 Å². The molecule has 1 heterocycles. The van der Waals surface area contributed by atoms with E-state index in [0.29, 0.717) is 6.54 Å². The minimum atomic E-state index is 0.147. The molecular weight excluding hydrogens is 354 g/mol. The molecule has 1 aromatic carbocycles. The molecule has 0 bridgehead atoms. The molecule has 0 saturated heterocycles. The van der Waals surface area contributed by atoms with Gasteiger partial charge in [-0.1, -0.05) is 12.1 Å². The first-order chi connectivity index (χ1) is 13.6. The zero-order chi connectivity index (χ0) is 20.4. The number of rotatable bonds is 9. The average molecular weight is 386 g/mol. The molecule has 0 spiro atoms. The molecule has 2 N–H and O–H groups in total. The molecule has 2 aromatic rings. The first-order valence-electron chi connectivity index (χ1n) is 9.31. The van der Waals surface area contributed by atoms with Crippen molar-refractivity contribution in [3.63, 3.8) is 0 Å². The Labute approximate surface area is 167 Å². The highest BCUT2D eigenvalue weighted by molar-refractivity contribution is 5.79. The van der Waals surface area contributed by atoms with Gasteiger partial charge in [0, 0.05) is 38.4 Å². The molecule has 0 amide bonds. The summed E-state index contributed by atoms with van der Waals surface area (Å²) in [6, 6.07) is 12.1. The van der Waals surface area contributed by atoms with Crippen LogP contribution in [0.2, 0.25) is 0 Å². The minimum absolute atomic E-state index is 0.147. The minimum Gasteiger partial charge on any atom is -0.493 e. The highest BCUT2D eigenvalue weighted by Gasteiger charge is 2.17. The van der Waals surface area contributed by atoms with E-state index in [1.54, 1.807) is 21.3 Å². The van der Waals surface area contributed by atoms with E-state index in [-0.39, 0.29) is 6.04 Å². The van der Waals surface area contributed by atoms with Crippen molar-refractivity contribution in [2.45, 2.75) is 12.5 Å². The summed E-state index contributed by atoms with van der Waals surface area (Å²) >= 11 is 0. The number of nitrogens with zero attached hydrogens (tertiary/aromatic N) is 3. The molecule has 0 saturated carbocycles. The molecule has 0 radical (unpaired) electrons. The maximum atomic E-state index is 5.44. The van der Waals surface area contributed by atoms with Gasteiger partial charge in [-0.2, -0.15) is 0 Å². The molecule has 0 aliphatic carbocycles. The first kappa shape index (κ1) is 21.5. The quantitative estimate of drug-likeness (QED) is 0.509. The van der Waals surface area contributed by atoms with Crippen molar-refractivity contribution in [1.82, 2.24) is 20.5 Å². The van der Waals surface area contributed by atoms with Crippen LogP contribution in [0.3, 0.4) is 0 Å². The number of aromatic nitrogens is 1. The summed E-state index contributed by atoms with van der Waals surface area (Å²) in [6.07, 6.45) is 2.65. The molecule has 7 nitrogen and oxygen atoms in total. The lowest BCUT2D eigenvalue weighted by molar-refractivity contribution is 0.295. The topological polar surface area (TPSA) is 71.0 Å². The van der Waals surface area contributed by atoms with Crippen molar-refractivity contribution in [3.8, 4) is 11.5 Å². The lowest BCUT2D eigenvalue weighted by Crippen LogP contribution is -2.42. The lowest BCUT2D eigenvalue weighted by atomic mass is 10.1. The maximum absolute atomic E-state index is 5.44. The summed E-state index contributed by atoms with van der Waals surface area (Å²) in [5, 5.41) is 6.75. The fourth-order valence-electron chi connectivity index (χ4n) is 2.93. The second-order valence-corrected chi connectivity index (χ2v) is 6.54. The van der Waals surface area contributed by atoms with E-state index in [9.17, 15) is 0 Å². The number of benzene rings is 1. The Morgan fingerprint density at radius 2 is 1.89 bits per heavy atom. The maximum Gasteiger partial charge on any atom is 0.191 e. The molecule has 0 aliphatic heterocycles. The highest BCUT2D eigenvalue weighted by Crippen LogP contribution is 2.31. The van der Waals surface area contributed by atoms with Crippen molar-refractivity contribution in [3.05, 3.63) is 53.9 Å². The lowest BCUT2D eigenvalue weighted by Gasteiger charge is -2.26. The number of likely N-dealkylation sites (N-methyl/N-ethyl adjacent to an activating group) is 1. The Hall–Kier alpha value is -2.80. The van der Waals surface area contributed by atoms with Gasteiger partial charge in [0.2, 0.25) is 0 Å². The predicted molar refractivity (Wildman–Crippen MR) is 113 cm³/mol. The Morgan fingerprint density at radius 3 is 2.50 bits per heavy atom. The van der Waals surface area contributed by atoms with E-state index in [1.165, 1.54) is 0 Å². The van der Waals surface area contributed by atoms with E-state index in [4.69, 9.17) is 9.47 Å². The van der Waals surface area contributed by atoms with E-state index < -0.39 is 0 Å². The van der Waals surface area contributed by atoms with Crippen LogP contribution in [0.5, 0.6) is 11.5 Å². The van der Waals surface area contributed by atoms with Gasteiger partial charge in [-0.05, 0) is 43.9 Å². The van der Waals surface area contributed by atoms with Crippen molar-refractivity contribution < 1.29 is 9.47 Å². The number of hydrogen-bond acceptors (Lipinski definition) is 5. The largest absolute Gasteiger partial charge is 0.493 e. The zero-order valence-electron chi connectivity index (χ0n) is 17.4. The van der Waals surface area contributed by atoms with E-state index in [1.807, 2.05) is 36.5 Å². The Kier molecular flexibility index (Phi) is 8.55. The van der Waals surface area contributed by atoms with Crippen LogP contribution < -0.4 is 20.1 Å². The molecule has 1 atom stereocenters. The molecule has 1 unspecified atom stereocenters. The Bertz CT molecular complexity index is 750. The van der Waals surface area contributed by atoms with Crippen LogP contribution in [0.25, 0.3) is 0 Å². The number of ether oxygens (including phenoxy) is 2. The van der Waals surface area contributed by atoms with Crippen molar-refractivity contribution in [1.29, 1.82) is 0 Å². The number of hydrogen-bond donors (Lipinski definition) is 2. The third kappa shape index (κ3) is 6.13. The van der Waals surface area contributed by atoms with Crippen LogP contribution in [0.4, 0.5) is 0 Å². The third-order valence-electron chi connectivity index (χ3n) is 4.50. The van der Waals surface area contributed by atoms with Gasteiger partial charge in [-0.3, -0.25) is 9.98 Å². The van der Waals surface area contributed by atoms with Crippen LogP contribution >= 0.6 is 0 Å². The second-order valence-electron chi connectivity index (χ2n) is 6.54. The van der Waals surface area contributed by atoms with Gasteiger partial charge in [0.05, 0.1) is 20.3 Å². The summed E-state index contributed by atoms with van der Waals surface area (Å²) in [4.78, 5) is 10.8. The van der Waals surface area contributed by atoms with E-state index in [2.05, 4.69) is 45.7 Å². The van der Waals surface area contributed by atoms with E-state index >= 15 is 0 Å². The normalized spacial score (nSPS) is 12.6. The number of guanidine groups is 1. The fourth-order valence-corrected chi connectivity index (χ4v) is 2.93. The number of methoxy groups -OCH3 is 2. The molecule has 28 heavy (non-hydrogen) atoms. The first-order valence-corrected chi connectivity index (χ1v) is 9.31. The summed E-state index contributed by atoms with van der Waals surface area (Å²) in [7, 11) is 9.18. The van der Waals surface area contributed by atoms with Crippen molar-refractivity contribution in [2.75, 3.05) is 48.5 Å². The molecule has 7 heteroatoms. The number of pyridine rings is 1. The van der Waals surface area contributed by atoms with Crippen LogP contribution in [0.15, 0.2) is 47.6 Å². The van der Waals surface area contributed by atoms with Crippen molar-refractivity contribution >= 4 is 5.96 Å². The second kappa shape index (κ2) is 11.1. The standard InChI is InChI=1S/C21H31N5O2/c1-22-21(24-13-11-17-8-6-7-12-23-17)25-15-18(26(2)3)16-9-10-19(27-4)20(14-16)28-5/h6-10,12,14,18H,11,13,15H2,1-5H3,(H2,22,24,25). The Balaban J connectivity index is 1.96. The number of nitrogens with one attached hydrogen (secondary N) is 2. The molecule has 0 aliphatic rings. The predicted octanol–water partition coefficient (Wildman–Crippen LogP) is 2.11. The monoisotopic (exact) mass is 385 g/mol. The molecule has 152 valence electrons. The van der Waals surface area contributed by atoms with Gasteiger partial charge in [-0.15, -0.1) is 0 Å². The Morgan fingerprint density at radius 1 is 1.11 bits per heavy atom. The SMILES string of the molecule is CN=C(NCCc1ccccn1)NCC(c1ccc(OC)c(OC)c1)N(C)C. The summed E-state index contributed by atoms with van der Waals surface area (Å²) in [5.74, 6) is 2.22. The number of aliphatic imine (C=N–C) groups is 1. The molecule has 2 rings (SSSR count). The highest BCUT2D eigenvalue weighted by atomic mass is 16.5. The van der Waals surface area contributed by atoms with Gasteiger partial charge in [0.1, 0.15) is 0 Å². The van der Waals surface area contributed by atoms with Gasteiger partial charge < -0.3 is 25.0 Å².